The first-order valence-corrected chi connectivity index (χ1v) is 8.01. The third-order valence-corrected chi connectivity index (χ3v) is 4.07. The van der Waals surface area contributed by atoms with E-state index in [1.165, 1.54) is 54.7 Å². The van der Waals surface area contributed by atoms with E-state index in [2.05, 4.69) is 17.4 Å². The summed E-state index contributed by atoms with van der Waals surface area (Å²) in [6.07, 6.45) is 5.91. The Morgan fingerprint density at radius 3 is 2.52 bits per heavy atom. The van der Waals surface area contributed by atoms with E-state index in [9.17, 15) is 9.18 Å². The van der Waals surface area contributed by atoms with E-state index < -0.39 is 0 Å². The number of carbonyl (C=O) groups is 1. The number of ether oxygens (including phenoxy) is 1. The first-order valence-electron chi connectivity index (χ1n) is 8.01. The number of nitrogens with one attached hydrogen (secondary N) is 1. The molecular formula is C19H20FNO2. The van der Waals surface area contributed by atoms with E-state index in [0.717, 1.165) is 18.5 Å². The molecule has 1 aliphatic rings. The van der Waals surface area contributed by atoms with Crippen molar-refractivity contribution in [2.24, 2.45) is 0 Å². The molecule has 0 saturated heterocycles. The van der Waals surface area contributed by atoms with Gasteiger partial charge in [0.2, 0.25) is 0 Å². The molecule has 3 nitrogen and oxygen atoms in total. The molecule has 1 amide bonds. The summed E-state index contributed by atoms with van der Waals surface area (Å²) in [5.41, 5.74) is 3.53. The van der Waals surface area contributed by atoms with Crippen LogP contribution in [0.15, 0.2) is 42.5 Å². The van der Waals surface area contributed by atoms with E-state index in [1.54, 1.807) is 0 Å². The van der Waals surface area contributed by atoms with Crippen LogP contribution in [0.2, 0.25) is 0 Å². The van der Waals surface area contributed by atoms with E-state index in [4.69, 9.17) is 4.74 Å². The molecule has 4 heteroatoms. The minimum absolute atomic E-state index is 0.0945. The summed E-state index contributed by atoms with van der Waals surface area (Å²) in [4.78, 5) is 12.0. The Labute approximate surface area is 135 Å². The zero-order valence-corrected chi connectivity index (χ0v) is 13.0. The highest BCUT2D eigenvalue weighted by molar-refractivity contribution is 5.92. The van der Waals surface area contributed by atoms with Crippen LogP contribution >= 0.6 is 0 Å². The number of hydrogen-bond acceptors (Lipinski definition) is 2. The predicted molar refractivity (Wildman–Crippen MR) is 88.2 cm³/mol. The Kier molecular flexibility index (Phi) is 4.91. The number of hydrogen-bond donors (Lipinski definition) is 1. The molecule has 0 unspecified atom stereocenters. The summed E-state index contributed by atoms with van der Waals surface area (Å²) in [7, 11) is 0. The van der Waals surface area contributed by atoms with E-state index in [-0.39, 0.29) is 18.3 Å². The largest absolute Gasteiger partial charge is 0.484 e. The van der Waals surface area contributed by atoms with Gasteiger partial charge in [-0.1, -0.05) is 12.5 Å². The van der Waals surface area contributed by atoms with Crippen LogP contribution < -0.4 is 10.1 Å². The smallest absolute Gasteiger partial charge is 0.262 e. The third-order valence-electron chi connectivity index (χ3n) is 4.07. The Bertz CT molecular complexity index is 682. The second kappa shape index (κ2) is 7.27. The minimum atomic E-state index is -0.327. The van der Waals surface area contributed by atoms with Crippen LogP contribution in [-0.4, -0.2) is 12.5 Å². The summed E-state index contributed by atoms with van der Waals surface area (Å²) < 4.78 is 18.2. The van der Waals surface area contributed by atoms with E-state index in [1.807, 2.05) is 6.07 Å². The van der Waals surface area contributed by atoms with Gasteiger partial charge in [0.1, 0.15) is 11.6 Å². The second-order valence-corrected chi connectivity index (χ2v) is 5.83. The van der Waals surface area contributed by atoms with Crippen molar-refractivity contribution in [3.05, 3.63) is 59.4 Å². The van der Waals surface area contributed by atoms with Gasteiger partial charge in [-0.25, -0.2) is 4.39 Å². The van der Waals surface area contributed by atoms with Crippen LogP contribution in [0.5, 0.6) is 5.75 Å². The number of anilines is 1. The molecule has 0 bridgehead atoms. The monoisotopic (exact) mass is 313 g/mol. The summed E-state index contributed by atoms with van der Waals surface area (Å²) in [5.74, 6) is -0.0712. The fourth-order valence-corrected chi connectivity index (χ4v) is 2.86. The highest BCUT2D eigenvalue weighted by atomic mass is 19.1. The van der Waals surface area contributed by atoms with Crippen molar-refractivity contribution in [3.8, 4) is 5.75 Å². The second-order valence-electron chi connectivity index (χ2n) is 5.83. The molecule has 23 heavy (non-hydrogen) atoms. The van der Waals surface area contributed by atoms with Crippen molar-refractivity contribution < 1.29 is 13.9 Å². The molecule has 0 aromatic heterocycles. The van der Waals surface area contributed by atoms with Gasteiger partial charge >= 0.3 is 0 Å². The molecule has 2 aromatic rings. The number of rotatable bonds is 4. The van der Waals surface area contributed by atoms with Gasteiger partial charge < -0.3 is 10.1 Å². The zero-order valence-electron chi connectivity index (χ0n) is 13.0. The molecule has 0 saturated carbocycles. The molecule has 0 radical (unpaired) electrons. The molecule has 0 atom stereocenters. The third kappa shape index (κ3) is 4.31. The molecule has 0 spiro atoms. The molecule has 120 valence electrons. The lowest BCUT2D eigenvalue weighted by atomic mass is 10.0. The number of amides is 1. The summed E-state index contributed by atoms with van der Waals surface area (Å²) in [6.45, 7) is -0.0945. The maximum Gasteiger partial charge on any atom is 0.262 e. The van der Waals surface area contributed by atoms with Crippen molar-refractivity contribution in [2.45, 2.75) is 32.1 Å². The first-order chi connectivity index (χ1) is 11.2. The molecule has 0 aliphatic heterocycles. The number of halogens is 1. The predicted octanol–water partition coefficient (Wildman–Crippen LogP) is 4.11. The van der Waals surface area contributed by atoms with Crippen LogP contribution in [0.1, 0.15) is 30.4 Å². The Hall–Kier alpha value is -2.36. The SMILES string of the molecule is O=C(COc1ccc(F)cc1)Nc1ccc2c(c1)CCCCC2. The fourth-order valence-electron chi connectivity index (χ4n) is 2.86. The molecule has 0 fully saturated rings. The number of benzene rings is 2. The molecular weight excluding hydrogens is 293 g/mol. The van der Waals surface area contributed by atoms with Gasteiger partial charge in [0, 0.05) is 5.69 Å². The lowest BCUT2D eigenvalue weighted by Crippen LogP contribution is -2.20. The minimum Gasteiger partial charge on any atom is -0.484 e. The van der Waals surface area contributed by atoms with Gasteiger partial charge in [-0.2, -0.15) is 0 Å². The summed E-state index contributed by atoms with van der Waals surface area (Å²) in [5, 5.41) is 2.86. The zero-order chi connectivity index (χ0) is 16.1. The average molecular weight is 313 g/mol. The maximum atomic E-state index is 12.8. The van der Waals surface area contributed by atoms with Crippen LogP contribution in [0, 0.1) is 5.82 Å². The Morgan fingerprint density at radius 2 is 1.74 bits per heavy atom. The van der Waals surface area contributed by atoms with Gasteiger partial charge in [0.05, 0.1) is 0 Å². The molecule has 1 N–H and O–H groups in total. The quantitative estimate of drug-likeness (QED) is 0.863. The molecule has 1 aliphatic carbocycles. The summed E-state index contributed by atoms with van der Waals surface area (Å²) >= 11 is 0. The maximum absolute atomic E-state index is 12.8. The van der Waals surface area contributed by atoms with Gasteiger partial charge in [0.25, 0.3) is 5.91 Å². The topological polar surface area (TPSA) is 38.3 Å². The van der Waals surface area contributed by atoms with Gasteiger partial charge in [-0.3, -0.25) is 4.79 Å². The highest BCUT2D eigenvalue weighted by Gasteiger charge is 2.10. The number of aryl methyl sites for hydroxylation is 2. The number of fused-ring (bicyclic) bond motifs is 1. The van der Waals surface area contributed by atoms with Crippen molar-refractivity contribution in [2.75, 3.05) is 11.9 Å². The molecule has 0 heterocycles. The Balaban J connectivity index is 1.57. The lowest BCUT2D eigenvalue weighted by Gasteiger charge is -2.11. The van der Waals surface area contributed by atoms with Crippen LogP contribution in [-0.2, 0) is 17.6 Å². The highest BCUT2D eigenvalue weighted by Crippen LogP contribution is 2.23. The van der Waals surface area contributed by atoms with Crippen LogP contribution in [0.25, 0.3) is 0 Å². The summed E-state index contributed by atoms with van der Waals surface area (Å²) in [6, 6.07) is 11.7. The number of carbonyl (C=O) groups excluding carboxylic acids is 1. The van der Waals surface area contributed by atoms with E-state index in [0.29, 0.717) is 5.75 Å². The van der Waals surface area contributed by atoms with Crippen molar-refractivity contribution in [1.29, 1.82) is 0 Å². The first kappa shape index (κ1) is 15.5. The average Bonchev–Trinajstić information content (AvgIpc) is 2.79. The van der Waals surface area contributed by atoms with Crippen molar-refractivity contribution in [1.82, 2.24) is 0 Å². The fraction of sp³-hybridized carbons (Fsp3) is 0.316. The van der Waals surface area contributed by atoms with Crippen molar-refractivity contribution in [3.63, 3.8) is 0 Å². The van der Waals surface area contributed by atoms with Gasteiger partial charge in [-0.05, 0) is 73.2 Å². The van der Waals surface area contributed by atoms with Crippen molar-refractivity contribution >= 4 is 11.6 Å². The lowest BCUT2D eigenvalue weighted by molar-refractivity contribution is -0.118. The normalized spacial score (nSPS) is 13.8. The van der Waals surface area contributed by atoms with Gasteiger partial charge in [0.15, 0.2) is 6.61 Å². The molecule has 3 rings (SSSR count). The van der Waals surface area contributed by atoms with Crippen LogP contribution in [0.3, 0.4) is 0 Å². The molecule has 2 aromatic carbocycles. The van der Waals surface area contributed by atoms with E-state index >= 15 is 0 Å². The van der Waals surface area contributed by atoms with Gasteiger partial charge in [-0.15, -0.1) is 0 Å². The Morgan fingerprint density at radius 1 is 1.00 bits per heavy atom. The van der Waals surface area contributed by atoms with Crippen LogP contribution in [0.4, 0.5) is 10.1 Å². The standard InChI is InChI=1S/C19H20FNO2/c20-16-7-10-18(11-8-16)23-13-19(22)21-17-9-6-14-4-2-1-3-5-15(14)12-17/h6-12H,1-5,13H2,(H,21,22).